The van der Waals surface area contributed by atoms with Crippen molar-refractivity contribution in [1.29, 1.82) is 0 Å². The fourth-order valence-electron chi connectivity index (χ4n) is 3.51. The molecule has 1 saturated heterocycles. The van der Waals surface area contributed by atoms with Gasteiger partial charge in [-0.05, 0) is 30.3 Å². The van der Waals surface area contributed by atoms with E-state index in [1.54, 1.807) is 19.1 Å². The Morgan fingerprint density at radius 3 is 2.45 bits per heavy atom. The molecular weight excluding hydrogens is 388 g/mol. The topological polar surface area (TPSA) is 68.7 Å². The molecule has 0 aliphatic carbocycles. The Bertz CT molecular complexity index is 1090. The second-order valence-electron chi connectivity index (χ2n) is 6.78. The number of nitrogens with zero attached hydrogens (tertiary/aromatic N) is 2. The second-order valence-corrected chi connectivity index (χ2v) is 8.48. The zero-order valence-corrected chi connectivity index (χ0v) is 17.2. The van der Waals surface area contributed by atoms with E-state index in [9.17, 15) is 9.00 Å². The van der Waals surface area contributed by atoms with Crippen LogP contribution in [-0.2, 0) is 10.8 Å². The molecule has 0 radical (unpaired) electrons. The van der Waals surface area contributed by atoms with E-state index in [4.69, 9.17) is 14.5 Å². The largest absolute Gasteiger partial charge is 0.493 e. The SMILES string of the molecule is COc1ccc(-c2cc(C(=O)N3CCS(=O)CC3)c3ccccc3n2)cc1OC. The molecule has 2 aromatic carbocycles. The predicted molar refractivity (Wildman–Crippen MR) is 114 cm³/mol. The van der Waals surface area contributed by atoms with Crippen LogP contribution in [0.1, 0.15) is 10.4 Å². The van der Waals surface area contributed by atoms with Gasteiger partial charge in [0.05, 0.1) is 31.0 Å². The first-order valence-electron chi connectivity index (χ1n) is 9.37. The molecule has 29 heavy (non-hydrogen) atoms. The molecule has 0 bridgehead atoms. The number of carbonyl (C=O) groups is 1. The molecule has 7 heteroatoms. The number of rotatable bonds is 4. The first-order valence-corrected chi connectivity index (χ1v) is 10.9. The molecule has 1 aliphatic heterocycles. The van der Waals surface area contributed by atoms with Gasteiger partial charge < -0.3 is 14.4 Å². The van der Waals surface area contributed by atoms with Crippen molar-refractivity contribution in [3.8, 4) is 22.8 Å². The summed E-state index contributed by atoms with van der Waals surface area (Å²) in [5.74, 6) is 2.23. The summed E-state index contributed by atoms with van der Waals surface area (Å²) >= 11 is 0. The van der Waals surface area contributed by atoms with Crippen LogP contribution in [0.3, 0.4) is 0 Å². The van der Waals surface area contributed by atoms with Crippen LogP contribution in [-0.4, -0.2) is 58.8 Å². The number of amides is 1. The lowest BCUT2D eigenvalue weighted by molar-refractivity contribution is 0.0773. The van der Waals surface area contributed by atoms with Crippen LogP contribution in [0, 0.1) is 0 Å². The van der Waals surface area contributed by atoms with Gasteiger partial charge in [0.15, 0.2) is 11.5 Å². The quantitative estimate of drug-likeness (QED) is 0.661. The number of ether oxygens (including phenoxy) is 2. The normalized spacial score (nSPS) is 14.8. The van der Waals surface area contributed by atoms with Gasteiger partial charge in [-0.15, -0.1) is 0 Å². The Morgan fingerprint density at radius 2 is 1.72 bits per heavy atom. The molecule has 0 saturated carbocycles. The number of para-hydroxylation sites is 1. The van der Waals surface area contributed by atoms with Crippen molar-refractivity contribution < 1.29 is 18.5 Å². The molecule has 6 nitrogen and oxygen atoms in total. The Kier molecular flexibility index (Phi) is 5.49. The zero-order chi connectivity index (χ0) is 20.4. The van der Waals surface area contributed by atoms with Gasteiger partial charge in [-0.25, -0.2) is 4.98 Å². The van der Waals surface area contributed by atoms with E-state index in [0.717, 1.165) is 16.5 Å². The van der Waals surface area contributed by atoms with Crippen molar-refractivity contribution in [2.75, 3.05) is 38.8 Å². The molecule has 1 fully saturated rings. The van der Waals surface area contributed by atoms with E-state index in [2.05, 4.69) is 0 Å². The van der Waals surface area contributed by atoms with Crippen LogP contribution < -0.4 is 9.47 Å². The summed E-state index contributed by atoms with van der Waals surface area (Å²) in [5, 5.41) is 0.813. The van der Waals surface area contributed by atoms with Gasteiger partial charge in [0.2, 0.25) is 0 Å². The van der Waals surface area contributed by atoms with Crippen molar-refractivity contribution >= 4 is 27.6 Å². The number of hydrogen-bond donors (Lipinski definition) is 0. The lowest BCUT2D eigenvalue weighted by atomic mass is 10.0. The number of benzene rings is 2. The minimum atomic E-state index is -0.834. The Balaban J connectivity index is 1.81. The van der Waals surface area contributed by atoms with Gasteiger partial charge in [0.1, 0.15) is 0 Å². The number of methoxy groups -OCH3 is 2. The Hall–Kier alpha value is -2.93. The molecule has 2 heterocycles. The van der Waals surface area contributed by atoms with Gasteiger partial charge >= 0.3 is 0 Å². The van der Waals surface area contributed by atoms with Crippen molar-refractivity contribution in [1.82, 2.24) is 9.88 Å². The van der Waals surface area contributed by atoms with E-state index >= 15 is 0 Å². The summed E-state index contributed by atoms with van der Waals surface area (Å²) in [6.07, 6.45) is 0. The minimum absolute atomic E-state index is 0.0537. The molecular formula is C22H22N2O4S. The van der Waals surface area contributed by atoms with E-state index in [-0.39, 0.29) is 5.91 Å². The highest BCUT2D eigenvalue weighted by Crippen LogP contribution is 2.33. The maximum absolute atomic E-state index is 13.3. The maximum atomic E-state index is 13.3. The number of aromatic nitrogens is 1. The Labute approximate surface area is 171 Å². The predicted octanol–water partition coefficient (Wildman–Crippen LogP) is 3.12. The molecule has 1 aromatic heterocycles. The summed E-state index contributed by atoms with van der Waals surface area (Å²) in [6.45, 7) is 1.02. The summed E-state index contributed by atoms with van der Waals surface area (Å²) < 4.78 is 22.4. The summed E-state index contributed by atoms with van der Waals surface area (Å²) in [7, 11) is 2.35. The monoisotopic (exact) mass is 410 g/mol. The second kappa shape index (κ2) is 8.21. The standard InChI is InChI=1S/C22H22N2O4S/c1-27-20-8-7-15(13-21(20)28-2)19-14-17(16-5-3-4-6-18(16)23-19)22(25)24-9-11-29(26)12-10-24/h3-8,13-14H,9-12H2,1-2H3. The van der Waals surface area contributed by atoms with Crippen molar-refractivity contribution in [3.05, 3.63) is 54.1 Å². The molecule has 0 atom stereocenters. The summed E-state index contributed by atoms with van der Waals surface area (Å²) in [4.78, 5) is 19.8. The van der Waals surface area contributed by atoms with Crippen LogP contribution in [0.5, 0.6) is 11.5 Å². The third-order valence-corrected chi connectivity index (χ3v) is 6.37. The summed E-state index contributed by atoms with van der Waals surface area (Å²) in [6, 6.07) is 15.0. The van der Waals surface area contributed by atoms with Gasteiger partial charge in [-0.1, -0.05) is 18.2 Å². The van der Waals surface area contributed by atoms with E-state index in [1.165, 1.54) is 0 Å². The van der Waals surface area contributed by atoms with Crippen LogP contribution in [0.25, 0.3) is 22.2 Å². The number of hydrogen-bond acceptors (Lipinski definition) is 5. The first-order chi connectivity index (χ1) is 14.1. The van der Waals surface area contributed by atoms with Crippen LogP contribution >= 0.6 is 0 Å². The molecule has 4 rings (SSSR count). The lowest BCUT2D eigenvalue weighted by Crippen LogP contribution is -2.41. The fraction of sp³-hybridized carbons (Fsp3) is 0.273. The first kappa shape index (κ1) is 19.4. The number of carbonyl (C=O) groups excluding carboxylic acids is 1. The maximum Gasteiger partial charge on any atom is 0.254 e. The molecule has 1 aliphatic rings. The number of fused-ring (bicyclic) bond motifs is 1. The van der Waals surface area contributed by atoms with Crippen LogP contribution in [0.2, 0.25) is 0 Å². The molecule has 0 N–H and O–H groups in total. The third-order valence-electron chi connectivity index (χ3n) is 5.09. The van der Waals surface area contributed by atoms with E-state index in [0.29, 0.717) is 47.4 Å². The third kappa shape index (κ3) is 3.82. The zero-order valence-electron chi connectivity index (χ0n) is 16.4. The highest BCUT2D eigenvalue weighted by molar-refractivity contribution is 7.85. The van der Waals surface area contributed by atoms with E-state index in [1.807, 2.05) is 48.5 Å². The van der Waals surface area contributed by atoms with Crippen LogP contribution in [0.4, 0.5) is 0 Å². The number of pyridine rings is 1. The highest BCUT2D eigenvalue weighted by atomic mass is 32.2. The summed E-state index contributed by atoms with van der Waals surface area (Å²) in [5.41, 5.74) is 2.88. The van der Waals surface area contributed by atoms with Crippen molar-refractivity contribution in [2.45, 2.75) is 0 Å². The van der Waals surface area contributed by atoms with Crippen LogP contribution in [0.15, 0.2) is 48.5 Å². The van der Waals surface area contributed by atoms with Crippen molar-refractivity contribution in [3.63, 3.8) is 0 Å². The van der Waals surface area contributed by atoms with Gasteiger partial charge in [0, 0.05) is 46.3 Å². The van der Waals surface area contributed by atoms with E-state index < -0.39 is 10.8 Å². The molecule has 3 aromatic rings. The smallest absolute Gasteiger partial charge is 0.254 e. The minimum Gasteiger partial charge on any atom is -0.493 e. The average Bonchev–Trinajstić information content (AvgIpc) is 2.77. The average molecular weight is 410 g/mol. The van der Waals surface area contributed by atoms with Gasteiger partial charge in [-0.2, -0.15) is 0 Å². The Morgan fingerprint density at radius 1 is 1.00 bits per heavy atom. The fourth-order valence-corrected chi connectivity index (χ4v) is 4.56. The molecule has 1 amide bonds. The highest BCUT2D eigenvalue weighted by Gasteiger charge is 2.24. The van der Waals surface area contributed by atoms with Gasteiger partial charge in [0.25, 0.3) is 5.91 Å². The molecule has 0 unspecified atom stereocenters. The molecule has 0 spiro atoms. The molecule has 150 valence electrons. The lowest BCUT2D eigenvalue weighted by Gasteiger charge is -2.27. The van der Waals surface area contributed by atoms with Gasteiger partial charge in [-0.3, -0.25) is 9.00 Å². The van der Waals surface area contributed by atoms with Crippen molar-refractivity contribution in [2.24, 2.45) is 0 Å².